The van der Waals surface area contributed by atoms with Gasteiger partial charge in [0.15, 0.2) is 11.5 Å². The molecule has 2 N–H and O–H groups in total. The lowest BCUT2D eigenvalue weighted by atomic mass is 9.95. The van der Waals surface area contributed by atoms with E-state index in [1.54, 1.807) is 42.5 Å². The third-order valence-electron chi connectivity index (χ3n) is 5.18. The number of ketones is 1. The second-order valence-corrected chi connectivity index (χ2v) is 7.21. The molecule has 0 spiro atoms. The molecule has 1 amide bonds. The first-order valence-corrected chi connectivity index (χ1v) is 10.1. The highest BCUT2D eigenvalue weighted by Gasteiger charge is 2.45. The van der Waals surface area contributed by atoms with Crippen molar-refractivity contribution in [2.45, 2.75) is 19.4 Å². The molecule has 2 aromatic rings. The number of rotatable bonds is 7. The average molecular weight is 425 g/mol. The Morgan fingerprint density at radius 1 is 1.16 bits per heavy atom. The number of hydrogen-bond acceptors (Lipinski definition) is 7. The topological polar surface area (TPSA) is 106 Å². The van der Waals surface area contributed by atoms with Gasteiger partial charge >= 0.3 is 0 Å². The van der Waals surface area contributed by atoms with Gasteiger partial charge in [0.05, 0.1) is 18.2 Å². The van der Waals surface area contributed by atoms with Crippen molar-refractivity contribution in [3.8, 4) is 17.2 Å². The number of carbonyl (C=O) groups is 2. The zero-order valence-electron chi connectivity index (χ0n) is 17.0. The minimum Gasteiger partial charge on any atom is -0.507 e. The number of benzene rings is 2. The summed E-state index contributed by atoms with van der Waals surface area (Å²) in [6, 6.07) is 11.1. The second kappa shape index (κ2) is 8.69. The van der Waals surface area contributed by atoms with Gasteiger partial charge in [-0.15, -0.1) is 0 Å². The number of aliphatic hydroxyl groups is 2. The maximum Gasteiger partial charge on any atom is 0.295 e. The molecule has 0 radical (unpaired) electrons. The molecule has 31 heavy (non-hydrogen) atoms. The number of amides is 1. The minimum absolute atomic E-state index is 0.0108. The van der Waals surface area contributed by atoms with Crippen LogP contribution in [0.25, 0.3) is 5.76 Å². The predicted octanol–water partition coefficient (Wildman–Crippen LogP) is 2.62. The van der Waals surface area contributed by atoms with E-state index in [1.807, 2.05) is 6.92 Å². The smallest absolute Gasteiger partial charge is 0.295 e. The number of Topliss-reactive ketones (excluding diaryl/α,β-unsaturated/α-hetero) is 1. The van der Waals surface area contributed by atoms with Gasteiger partial charge in [-0.3, -0.25) is 9.59 Å². The number of nitrogens with zero attached hydrogens (tertiary/aromatic N) is 1. The summed E-state index contributed by atoms with van der Waals surface area (Å²) in [4.78, 5) is 27.2. The standard InChI is InChI=1S/C23H23NO7/c1-2-8-24-20(14-4-3-5-16(11-14)29-10-9-25)19(22(27)23(24)28)21(26)15-6-7-17-18(12-15)31-13-30-17/h3-7,11-12,20,25-26H,2,8-10,13H2,1H3/b21-19-. The van der Waals surface area contributed by atoms with Crippen molar-refractivity contribution in [2.24, 2.45) is 0 Å². The SMILES string of the molecule is CCCN1C(=O)C(=O)/C(=C(\O)c2ccc3c(c2)OCO3)C1c1cccc(OCCO)c1. The van der Waals surface area contributed by atoms with Crippen LogP contribution in [-0.2, 0) is 9.59 Å². The van der Waals surface area contributed by atoms with Crippen LogP contribution in [0, 0.1) is 0 Å². The summed E-state index contributed by atoms with van der Waals surface area (Å²) < 4.78 is 16.2. The Morgan fingerprint density at radius 3 is 2.74 bits per heavy atom. The van der Waals surface area contributed by atoms with Crippen molar-refractivity contribution >= 4 is 17.4 Å². The van der Waals surface area contributed by atoms with Crippen LogP contribution >= 0.6 is 0 Å². The molecule has 2 aliphatic rings. The number of carbonyl (C=O) groups excluding carboxylic acids is 2. The number of likely N-dealkylation sites (tertiary alicyclic amines) is 1. The molecule has 1 fully saturated rings. The average Bonchev–Trinajstić information content (AvgIpc) is 3.35. The predicted molar refractivity (Wildman–Crippen MR) is 111 cm³/mol. The van der Waals surface area contributed by atoms with Crippen LogP contribution in [0.2, 0.25) is 0 Å². The molecule has 0 aliphatic carbocycles. The Bertz CT molecular complexity index is 1050. The quantitative estimate of drug-likeness (QED) is 0.399. The summed E-state index contributed by atoms with van der Waals surface area (Å²) in [5.74, 6) is -0.166. The molecule has 8 nitrogen and oxygen atoms in total. The van der Waals surface area contributed by atoms with E-state index in [-0.39, 0.29) is 31.3 Å². The number of ether oxygens (including phenoxy) is 3. The van der Waals surface area contributed by atoms with Gasteiger partial charge in [-0.1, -0.05) is 19.1 Å². The zero-order chi connectivity index (χ0) is 22.0. The zero-order valence-corrected chi connectivity index (χ0v) is 17.0. The highest BCUT2D eigenvalue weighted by atomic mass is 16.7. The number of aliphatic hydroxyl groups excluding tert-OH is 2. The van der Waals surface area contributed by atoms with Crippen molar-refractivity contribution in [1.29, 1.82) is 0 Å². The van der Waals surface area contributed by atoms with Gasteiger partial charge in [0, 0.05) is 12.1 Å². The van der Waals surface area contributed by atoms with E-state index in [2.05, 4.69) is 0 Å². The lowest BCUT2D eigenvalue weighted by molar-refractivity contribution is -0.139. The molecule has 1 atom stereocenters. The van der Waals surface area contributed by atoms with Crippen LogP contribution in [-0.4, -0.2) is 53.4 Å². The Hall–Kier alpha value is -3.52. The highest BCUT2D eigenvalue weighted by molar-refractivity contribution is 6.46. The maximum atomic E-state index is 13.0. The second-order valence-electron chi connectivity index (χ2n) is 7.21. The Balaban J connectivity index is 1.81. The lowest BCUT2D eigenvalue weighted by Gasteiger charge is -2.25. The first kappa shape index (κ1) is 20.7. The molecule has 8 heteroatoms. The van der Waals surface area contributed by atoms with E-state index < -0.39 is 17.7 Å². The van der Waals surface area contributed by atoms with Gasteiger partial charge in [-0.2, -0.15) is 0 Å². The fraction of sp³-hybridized carbons (Fsp3) is 0.304. The molecule has 2 heterocycles. The third kappa shape index (κ3) is 3.82. The summed E-state index contributed by atoms with van der Waals surface area (Å²) >= 11 is 0. The third-order valence-corrected chi connectivity index (χ3v) is 5.18. The van der Waals surface area contributed by atoms with Crippen molar-refractivity contribution in [1.82, 2.24) is 4.90 Å². The van der Waals surface area contributed by atoms with Gasteiger partial charge in [0.2, 0.25) is 6.79 Å². The summed E-state index contributed by atoms with van der Waals surface area (Å²) in [5.41, 5.74) is 0.999. The van der Waals surface area contributed by atoms with Crippen LogP contribution in [0.5, 0.6) is 17.2 Å². The summed E-state index contributed by atoms with van der Waals surface area (Å²) in [7, 11) is 0. The minimum atomic E-state index is -0.761. The van der Waals surface area contributed by atoms with Gasteiger partial charge in [-0.05, 0) is 42.3 Å². The Labute approximate surface area is 179 Å². The fourth-order valence-corrected chi connectivity index (χ4v) is 3.84. The lowest BCUT2D eigenvalue weighted by Crippen LogP contribution is -2.30. The largest absolute Gasteiger partial charge is 0.507 e. The molecule has 2 aliphatic heterocycles. The number of fused-ring (bicyclic) bond motifs is 1. The molecular weight excluding hydrogens is 402 g/mol. The van der Waals surface area contributed by atoms with Crippen molar-refractivity contribution in [3.63, 3.8) is 0 Å². The van der Waals surface area contributed by atoms with Crippen molar-refractivity contribution < 1.29 is 34.0 Å². The first-order valence-electron chi connectivity index (χ1n) is 10.1. The fourth-order valence-electron chi connectivity index (χ4n) is 3.84. The van der Waals surface area contributed by atoms with Crippen LogP contribution in [0.3, 0.4) is 0 Å². The van der Waals surface area contributed by atoms with Crippen LogP contribution < -0.4 is 14.2 Å². The molecule has 4 rings (SSSR count). The van der Waals surface area contributed by atoms with E-state index in [4.69, 9.17) is 19.3 Å². The van der Waals surface area contributed by atoms with Crippen molar-refractivity contribution in [2.75, 3.05) is 26.6 Å². The van der Waals surface area contributed by atoms with Gasteiger partial charge in [0.1, 0.15) is 18.1 Å². The molecule has 1 unspecified atom stereocenters. The van der Waals surface area contributed by atoms with Gasteiger partial charge in [0.25, 0.3) is 11.7 Å². The molecule has 1 saturated heterocycles. The van der Waals surface area contributed by atoms with E-state index in [1.165, 1.54) is 4.90 Å². The van der Waals surface area contributed by atoms with Gasteiger partial charge < -0.3 is 29.3 Å². The summed E-state index contributed by atoms with van der Waals surface area (Å²) in [6.45, 7) is 2.34. The van der Waals surface area contributed by atoms with E-state index in [9.17, 15) is 14.7 Å². The Kier molecular flexibility index (Phi) is 5.81. The monoisotopic (exact) mass is 425 g/mol. The van der Waals surface area contributed by atoms with E-state index in [0.717, 1.165) is 0 Å². The summed E-state index contributed by atoms with van der Waals surface area (Å²) in [5, 5.41) is 20.1. The van der Waals surface area contributed by atoms with E-state index >= 15 is 0 Å². The maximum absolute atomic E-state index is 13.0. The highest BCUT2D eigenvalue weighted by Crippen LogP contribution is 2.42. The van der Waals surface area contributed by atoms with Gasteiger partial charge in [-0.25, -0.2) is 0 Å². The van der Waals surface area contributed by atoms with E-state index in [0.29, 0.717) is 41.3 Å². The molecular formula is C23H23NO7. The van der Waals surface area contributed by atoms with Crippen molar-refractivity contribution in [3.05, 3.63) is 59.2 Å². The molecule has 0 aromatic heterocycles. The van der Waals surface area contributed by atoms with Crippen LogP contribution in [0.1, 0.15) is 30.5 Å². The molecule has 0 saturated carbocycles. The molecule has 162 valence electrons. The first-order chi connectivity index (χ1) is 15.0. The molecule has 2 aromatic carbocycles. The molecule has 0 bridgehead atoms. The summed E-state index contributed by atoms with van der Waals surface area (Å²) in [6.07, 6.45) is 0.647. The van der Waals surface area contributed by atoms with Crippen LogP contribution in [0.15, 0.2) is 48.0 Å². The normalized spacial score (nSPS) is 19.2. The van der Waals surface area contributed by atoms with Crippen LogP contribution in [0.4, 0.5) is 0 Å². The number of hydrogen-bond donors (Lipinski definition) is 2. The Morgan fingerprint density at radius 2 is 1.97 bits per heavy atom.